The standard InChI is InChI=1S/C12H16BrNO4/c1-2-18-11-4-3-8(13)5-9(11)10(14)6-17-7-12(15)16/h3-5,10H,2,6-7,14H2,1H3,(H,15,16). The second-order valence-electron chi connectivity index (χ2n) is 3.63. The maximum absolute atomic E-state index is 10.3. The van der Waals surface area contributed by atoms with Crippen LogP contribution in [0.25, 0.3) is 0 Å². The predicted octanol–water partition coefficient (Wildman–Crippen LogP) is 1.95. The van der Waals surface area contributed by atoms with Crippen LogP contribution in [-0.4, -0.2) is 30.9 Å². The third-order valence-electron chi connectivity index (χ3n) is 2.19. The van der Waals surface area contributed by atoms with Crippen molar-refractivity contribution in [2.75, 3.05) is 19.8 Å². The number of halogens is 1. The van der Waals surface area contributed by atoms with Crippen molar-refractivity contribution < 1.29 is 19.4 Å². The van der Waals surface area contributed by atoms with Gasteiger partial charge in [0.1, 0.15) is 12.4 Å². The highest BCUT2D eigenvalue weighted by Crippen LogP contribution is 2.27. The molecule has 0 aromatic heterocycles. The van der Waals surface area contributed by atoms with E-state index in [9.17, 15) is 4.79 Å². The fourth-order valence-corrected chi connectivity index (χ4v) is 1.84. The molecular weight excluding hydrogens is 302 g/mol. The molecule has 0 bridgehead atoms. The minimum Gasteiger partial charge on any atom is -0.494 e. The molecule has 0 saturated heterocycles. The van der Waals surface area contributed by atoms with E-state index in [1.807, 2.05) is 25.1 Å². The summed E-state index contributed by atoms with van der Waals surface area (Å²) in [4.78, 5) is 10.3. The number of nitrogens with two attached hydrogens (primary N) is 1. The fourth-order valence-electron chi connectivity index (χ4n) is 1.46. The van der Waals surface area contributed by atoms with Crippen LogP contribution in [0.3, 0.4) is 0 Å². The lowest BCUT2D eigenvalue weighted by Gasteiger charge is -2.16. The summed E-state index contributed by atoms with van der Waals surface area (Å²) >= 11 is 3.36. The number of ether oxygens (including phenoxy) is 2. The summed E-state index contributed by atoms with van der Waals surface area (Å²) in [5.41, 5.74) is 6.75. The van der Waals surface area contributed by atoms with Crippen molar-refractivity contribution in [2.24, 2.45) is 5.73 Å². The first-order chi connectivity index (χ1) is 8.54. The SMILES string of the molecule is CCOc1ccc(Br)cc1C(N)COCC(=O)O. The number of hydrogen-bond acceptors (Lipinski definition) is 4. The second kappa shape index (κ2) is 7.35. The molecule has 0 spiro atoms. The van der Waals surface area contributed by atoms with Gasteiger partial charge in [0.05, 0.1) is 19.3 Å². The fraction of sp³-hybridized carbons (Fsp3) is 0.417. The van der Waals surface area contributed by atoms with Crippen molar-refractivity contribution in [3.8, 4) is 5.75 Å². The van der Waals surface area contributed by atoms with Gasteiger partial charge in [-0.3, -0.25) is 0 Å². The molecule has 100 valence electrons. The van der Waals surface area contributed by atoms with Crippen LogP contribution in [0.1, 0.15) is 18.5 Å². The summed E-state index contributed by atoms with van der Waals surface area (Å²) in [7, 11) is 0. The Morgan fingerprint density at radius 1 is 1.56 bits per heavy atom. The van der Waals surface area contributed by atoms with Gasteiger partial charge in [0, 0.05) is 10.0 Å². The Morgan fingerprint density at radius 3 is 2.89 bits per heavy atom. The van der Waals surface area contributed by atoms with E-state index in [2.05, 4.69) is 15.9 Å². The summed E-state index contributed by atoms with van der Waals surface area (Å²) in [5, 5.41) is 8.48. The molecule has 0 aliphatic carbocycles. The Bertz CT molecular complexity index is 411. The maximum Gasteiger partial charge on any atom is 0.329 e. The molecule has 5 nitrogen and oxygen atoms in total. The van der Waals surface area contributed by atoms with Gasteiger partial charge in [0.15, 0.2) is 0 Å². The highest BCUT2D eigenvalue weighted by molar-refractivity contribution is 9.10. The number of carboxylic acid groups (broad SMARTS) is 1. The molecule has 0 aliphatic heterocycles. The average Bonchev–Trinajstić information content (AvgIpc) is 2.31. The van der Waals surface area contributed by atoms with Crippen LogP contribution in [0.2, 0.25) is 0 Å². The number of rotatable bonds is 7. The number of hydrogen-bond donors (Lipinski definition) is 2. The summed E-state index contributed by atoms with van der Waals surface area (Å²) in [5.74, 6) is -0.325. The van der Waals surface area contributed by atoms with E-state index >= 15 is 0 Å². The van der Waals surface area contributed by atoms with E-state index in [0.29, 0.717) is 12.4 Å². The van der Waals surface area contributed by atoms with Gasteiger partial charge in [-0.25, -0.2) is 4.79 Å². The normalized spacial score (nSPS) is 12.2. The molecule has 0 heterocycles. The number of carboxylic acids is 1. The first-order valence-electron chi connectivity index (χ1n) is 5.52. The zero-order valence-electron chi connectivity index (χ0n) is 10.1. The Balaban J connectivity index is 2.72. The van der Waals surface area contributed by atoms with Gasteiger partial charge in [-0.15, -0.1) is 0 Å². The monoisotopic (exact) mass is 317 g/mol. The van der Waals surface area contributed by atoms with Gasteiger partial charge in [0.25, 0.3) is 0 Å². The number of aliphatic carboxylic acids is 1. The largest absolute Gasteiger partial charge is 0.494 e. The summed E-state index contributed by atoms with van der Waals surface area (Å²) in [6.07, 6.45) is 0. The van der Waals surface area contributed by atoms with Crippen LogP contribution in [0.4, 0.5) is 0 Å². The van der Waals surface area contributed by atoms with Gasteiger partial charge < -0.3 is 20.3 Å². The highest BCUT2D eigenvalue weighted by atomic mass is 79.9. The van der Waals surface area contributed by atoms with Gasteiger partial charge in [-0.1, -0.05) is 15.9 Å². The molecule has 0 saturated carbocycles. The van der Waals surface area contributed by atoms with Crippen molar-refractivity contribution >= 4 is 21.9 Å². The molecule has 0 aliphatic rings. The molecule has 1 aromatic rings. The van der Waals surface area contributed by atoms with E-state index in [4.69, 9.17) is 20.3 Å². The molecular formula is C12H16BrNO4. The molecule has 3 N–H and O–H groups in total. The van der Waals surface area contributed by atoms with Crippen LogP contribution in [0, 0.1) is 0 Å². The van der Waals surface area contributed by atoms with E-state index in [1.54, 1.807) is 0 Å². The number of benzene rings is 1. The maximum atomic E-state index is 10.3. The third-order valence-corrected chi connectivity index (χ3v) is 2.69. The van der Waals surface area contributed by atoms with Crippen LogP contribution >= 0.6 is 15.9 Å². The topological polar surface area (TPSA) is 81.8 Å². The molecule has 1 unspecified atom stereocenters. The first kappa shape index (κ1) is 14.9. The predicted molar refractivity (Wildman–Crippen MR) is 70.7 cm³/mol. The van der Waals surface area contributed by atoms with Crippen molar-refractivity contribution in [3.63, 3.8) is 0 Å². The second-order valence-corrected chi connectivity index (χ2v) is 4.55. The van der Waals surface area contributed by atoms with Crippen LogP contribution in [-0.2, 0) is 9.53 Å². The summed E-state index contributed by atoms with van der Waals surface area (Å²) in [6.45, 7) is 2.20. The number of carbonyl (C=O) groups is 1. The van der Waals surface area contributed by atoms with E-state index < -0.39 is 12.0 Å². The molecule has 1 aromatic carbocycles. The van der Waals surface area contributed by atoms with Crippen molar-refractivity contribution in [2.45, 2.75) is 13.0 Å². The summed E-state index contributed by atoms with van der Waals surface area (Å²) in [6, 6.07) is 5.10. The van der Waals surface area contributed by atoms with Crippen molar-refractivity contribution in [1.29, 1.82) is 0 Å². The molecule has 6 heteroatoms. The molecule has 0 amide bonds. The van der Waals surface area contributed by atoms with Crippen LogP contribution in [0.15, 0.2) is 22.7 Å². The van der Waals surface area contributed by atoms with Gasteiger partial charge >= 0.3 is 5.97 Å². The molecule has 1 rings (SSSR count). The van der Waals surface area contributed by atoms with E-state index in [0.717, 1.165) is 10.0 Å². The Hall–Kier alpha value is -1.11. The third kappa shape index (κ3) is 4.64. The zero-order valence-corrected chi connectivity index (χ0v) is 11.6. The quantitative estimate of drug-likeness (QED) is 0.803. The Labute approximate surface area is 114 Å². The molecule has 0 fully saturated rings. The van der Waals surface area contributed by atoms with Crippen LogP contribution < -0.4 is 10.5 Å². The minimum atomic E-state index is -1.01. The lowest BCUT2D eigenvalue weighted by atomic mass is 10.1. The Kier molecular flexibility index (Phi) is 6.11. The zero-order chi connectivity index (χ0) is 13.5. The van der Waals surface area contributed by atoms with E-state index in [1.165, 1.54) is 0 Å². The highest BCUT2D eigenvalue weighted by Gasteiger charge is 2.13. The van der Waals surface area contributed by atoms with Gasteiger partial charge in [-0.2, -0.15) is 0 Å². The lowest BCUT2D eigenvalue weighted by molar-refractivity contribution is -0.142. The van der Waals surface area contributed by atoms with Gasteiger partial charge in [0.2, 0.25) is 0 Å². The first-order valence-corrected chi connectivity index (χ1v) is 6.31. The lowest BCUT2D eigenvalue weighted by Crippen LogP contribution is -2.20. The van der Waals surface area contributed by atoms with Crippen molar-refractivity contribution in [1.82, 2.24) is 0 Å². The molecule has 18 heavy (non-hydrogen) atoms. The van der Waals surface area contributed by atoms with Crippen LogP contribution in [0.5, 0.6) is 5.75 Å². The Morgan fingerprint density at radius 2 is 2.28 bits per heavy atom. The van der Waals surface area contributed by atoms with E-state index in [-0.39, 0.29) is 13.2 Å². The molecule has 0 radical (unpaired) electrons. The van der Waals surface area contributed by atoms with Crippen molar-refractivity contribution in [3.05, 3.63) is 28.2 Å². The minimum absolute atomic E-state index is 0.128. The summed E-state index contributed by atoms with van der Waals surface area (Å²) < 4.78 is 11.3. The molecule has 1 atom stereocenters. The van der Waals surface area contributed by atoms with Gasteiger partial charge in [-0.05, 0) is 25.1 Å². The smallest absolute Gasteiger partial charge is 0.329 e. The average molecular weight is 318 g/mol.